The van der Waals surface area contributed by atoms with Crippen LogP contribution in [0.3, 0.4) is 0 Å². The lowest BCUT2D eigenvalue weighted by Gasteiger charge is -2.33. The van der Waals surface area contributed by atoms with Crippen LogP contribution in [-0.4, -0.2) is 5.11 Å². The molecular formula is C22H12F8O. The Morgan fingerprint density at radius 3 is 1.55 bits per heavy atom. The van der Waals surface area contributed by atoms with Crippen molar-refractivity contribution in [3.63, 3.8) is 0 Å². The number of alkyl halides is 8. The Morgan fingerprint density at radius 1 is 0.516 bits per heavy atom. The van der Waals surface area contributed by atoms with Gasteiger partial charge in [-0.05, 0) is 29.3 Å². The normalized spacial score (nSPS) is 20.1. The quantitative estimate of drug-likeness (QED) is 0.396. The van der Waals surface area contributed by atoms with Crippen LogP contribution in [0.25, 0.3) is 11.1 Å². The van der Waals surface area contributed by atoms with Crippen LogP contribution in [0.2, 0.25) is 0 Å². The molecule has 0 atom stereocenters. The summed E-state index contributed by atoms with van der Waals surface area (Å²) >= 11 is 0. The molecule has 0 radical (unpaired) electrons. The van der Waals surface area contributed by atoms with Crippen molar-refractivity contribution >= 4 is 0 Å². The van der Waals surface area contributed by atoms with Gasteiger partial charge in [0, 0.05) is 22.3 Å². The van der Waals surface area contributed by atoms with E-state index in [0.717, 1.165) is 18.2 Å². The summed E-state index contributed by atoms with van der Waals surface area (Å²) < 4.78 is 119. The number of hydrogen-bond donors (Lipinski definition) is 1. The van der Waals surface area contributed by atoms with E-state index in [1.807, 2.05) is 0 Å². The molecule has 0 fully saturated rings. The van der Waals surface area contributed by atoms with Crippen LogP contribution in [0, 0.1) is 0 Å². The van der Waals surface area contributed by atoms with E-state index in [9.17, 15) is 31.4 Å². The standard InChI is InChI=1S/C22H12F8O/c23-19(24)13-4-6-14(7-5-13)20(25,26)22(29,30)18-9-8-15(21(19,27)28)11-17(18)12-2-1-3-16(31)10-12/h1-11,31H. The first-order valence-electron chi connectivity index (χ1n) is 8.87. The van der Waals surface area contributed by atoms with Crippen LogP contribution in [0.5, 0.6) is 5.75 Å². The van der Waals surface area contributed by atoms with Crippen LogP contribution in [-0.2, 0) is 23.7 Å². The number of aromatic hydroxyl groups is 1. The molecule has 0 saturated heterocycles. The summed E-state index contributed by atoms with van der Waals surface area (Å²) in [5, 5.41) is 9.64. The molecule has 4 bridgehead atoms. The zero-order chi connectivity index (χ0) is 22.8. The van der Waals surface area contributed by atoms with Gasteiger partial charge >= 0.3 is 23.7 Å². The first-order chi connectivity index (χ1) is 14.3. The third kappa shape index (κ3) is 2.90. The zero-order valence-electron chi connectivity index (χ0n) is 15.3. The van der Waals surface area contributed by atoms with E-state index in [1.165, 1.54) is 6.07 Å². The van der Waals surface area contributed by atoms with Crippen molar-refractivity contribution in [1.82, 2.24) is 0 Å². The number of phenols is 1. The third-order valence-electron chi connectivity index (χ3n) is 5.28. The van der Waals surface area contributed by atoms with Gasteiger partial charge in [-0.25, -0.2) is 0 Å². The van der Waals surface area contributed by atoms with Gasteiger partial charge in [0.1, 0.15) is 5.75 Å². The smallest absolute Gasteiger partial charge is 0.340 e. The van der Waals surface area contributed by atoms with Crippen LogP contribution in [0.4, 0.5) is 35.1 Å². The van der Waals surface area contributed by atoms with Gasteiger partial charge in [0.2, 0.25) is 0 Å². The summed E-state index contributed by atoms with van der Waals surface area (Å²) in [5.74, 6) is -19.9. The SMILES string of the molecule is Oc1cccc(-c2cc3ccc2C(F)(F)C(F)(F)c2ccc(cc2)C(F)(F)C3(F)F)c1. The highest BCUT2D eigenvalue weighted by molar-refractivity contribution is 5.71. The van der Waals surface area contributed by atoms with E-state index >= 15 is 8.78 Å². The molecule has 7 rings (SSSR count). The number of halogens is 8. The predicted octanol–water partition coefficient (Wildman–Crippen LogP) is 7.14. The van der Waals surface area contributed by atoms with Crippen LogP contribution in [0.15, 0.2) is 66.7 Å². The Balaban J connectivity index is 2.12. The molecule has 0 amide bonds. The monoisotopic (exact) mass is 444 g/mol. The van der Waals surface area contributed by atoms with E-state index in [0.29, 0.717) is 12.1 Å². The topological polar surface area (TPSA) is 20.2 Å². The molecule has 0 unspecified atom stereocenters. The first-order valence-corrected chi connectivity index (χ1v) is 8.87. The molecule has 9 heteroatoms. The van der Waals surface area contributed by atoms with Gasteiger partial charge in [-0.15, -0.1) is 0 Å². The van der Waals surface area contributed by atoms with Gasteiger partial charge < -0.3 is 5.11 Å². The third-order valence-corrected chi connectivity index (χ3v) is 5.28. The van der Waals surface area contributed by atoms with Gasteiger partial charge in [-0.3, -0.25) is 0 Å². The largest absolute Gasteiger partial charge is 0.508 e. The number of hydrogen-bond acceptors (Lipinski definition) is 1. The van der Waals surface area contributed by atoms with Crippen LogP contribution < -0.4 is 0 Å². The van der Waals surface area contributed by atoms with Gasteiger partial charge in [0.15, 0.2) is 0 Å². The second-order valence-corrected chi connectivity index (χ2v) is 7.19. The van der Waals surface area contributed by atoms with Gasteiger partial charge in [0.25, 0.3) is 0 Å². The lowest BCUT2D eigenvalue weighted by atomic mass is 9.84. The van der Waals surface area contributed by atoms with Crippen molar-refractivity contribution in [1.29, 1.82) is 0 Å². The van der Waals surface area contributed by atoms with E-state index in [-0.39, 0.29) is 35.9 Å². The van der Waals surface area contributed by atoms with E-state index in [4.69, 9.17) is 0 Å². The molecule has 0 saturated carbocycles. The Labute approximate surface area is 170 Å². The fraction of sp³-hybridized carbons (Fsp3) is 0.182. The molecular weight excluding hydrogens is 432 g/mol. The summed E-state index contributed by atoms with van der Waals surface area (Å²) in [7, 11) is 0. The second kappa shape index (κ2) is 6.45. The number of rotatable bonds is 1. The fourth-order valence-corrected chi connectivity index (χ4v) is 3.53. The Kier molecular flexibility index (Phi) is 4.40. The van der Waals surface area contributed by atoms with E-state index < -0.39 is 57.3 Å². The molecule has 3 aromatic rings. The van der Waals surface area contributed by atoms with Crippen LogP contribution in [0.1, 0.15) is 22.3 Å². The minimum atomic E-state index is -4.90. The maximum atomic E-state index is 15.1. The summed E-state index contributed by atoms with van der Waals surface area (Å²) in [6, 6.07) is 6.36. The first kappa shape index (κ1) is 21.1. The molecule has 4 aliphatic rings. The molecule has 162 valence electrons. The van der Waals surface area contributed by atoms with E-state index in [2.05, 4.69) is 0 Å². The maximum absolute atomic E-state index is 15.1. The minimum absolute atomic E-state index is 0.285. The van der Waals surface area contributed by atoms with E-state index in [1.54, 1.807) is 0 Å². The van der Waals surface area contributed by atoms with Gasteiger partial charge in [-0.1, -0.05) is 48.5 Å². The Morgan fingerprint density at radius 2 is 1.00 bits per heavy atom. The zero-order valence-corrected chi connectivity index (χ0v) is 15.3. The van der Waals surface area contributed by atoms with Crippen molar-refractivity contribution in [3.8, 4) is 16.9 Å². The summed E-state index contributed by atoms with van der Waals surface area (Å²) in [4.78, 5) is 0. The molecule has 31 heavy (non-hydrogen) atoms. The van der Waals surface area contributed by atoms with Crippen LogP contribution >= 0.6 is 0 Å². The summed E-state index contributed by atoms with van der Waals surface area (Å²) in [5.41, 5.74) is -6.46. The molecule has 0 spiro atoms. The van der Waals surface area contributed by atoms with Crippen molar-refractivity contribution < 1.29 is 40.2 Å². The van der Waals surface area contributed by atoms with Crippen molar-refractivity contribution in [2.24, 2.45) is 0 Å². The average Bonchev–Trinajstić information content (AvgIpc) is 2.72. The number of phenolic OH excluding ortho intramolecular Hbond substituents is 1. The highest BCUT2D eigenvalue weighted by Gasteiger charge is 2.62. The van der Waals surface area contributed by atoms with Gasteiger partial charge in [0.05, 0.1) is 0 Å². The number of benzene rings is 3. The van der Waals surface area contributed by atoms with Crippen molar-refractivity contribution in [3.05, 3.63) is 89.0 Å². The predicted molar refractivity (Wildman–Crippen MR) is 95.6 cm³/mol. The molecule has 0 heterocycles. The Hall–Kier alpha value is -3.10. The van der Waals surface area contributed by atoms with Crippen molar-refractivity contribution in [2.45, 2.75) is 23.7 Å². The molecule has 0 aromatic heterocycles. The average molecular weight is 444 g/mol. The molecule has 3 aromatic carbocycles. The lowest BCUT2D eigenvalue weighted by molar-refractivity contribution is -0.227. The fourth-order valence-electron chi connectivity index (χ4n) is 3.53. The van der Waals surface area contributed by atoms with Crippen molar-refractivity contribution in [2.75, 3.05) is 0 Å². The highest BCUT2D eigenvalue weighted by Crippen LogP contribution is 2.56. The maximum Gasteiger partial charge on any atom is 0.340 e. The lowest BCUT2D eigenvalue weighted by Crippen LogP contribution is -2.39. The summed E-state index contributed by atoms with van der Waals surface area (Å²) in [6.07, 6.45) is 0. The summed E-state index contributed by atoms with van der Waals surface area (Å²) in [6.45, 7) is 0. The highest BCUT2D eigenvalue weighted by atomic mass is 19.3. The Bertz CT molecular complexity index is 1150. The minimum Gasteiger partial charge on any atom is -0.508 e. The van der Waals surface area contributed by atoms with Gasteiger partial charge in [-0.2, -0.15) is 35.1 Å². The molecule has 4 aliphatic carbocycles. The second-order valence-electron chi connectivity index (χ2n) is 7.19. The molecule has 0 aliphatic heterocycles. The molecule has 1 nitrogen and oxygen atoms in total. The molecule has 1 N–H and O–H groups in total.